The zero-order valence-electron chi connectivity index (χ0n) is 17.1. The molecule has 1 saturated heterocycles. The quantitative estimate of drug-likeness (QED) is 0.801. The number of hydrogen-bond donors (Lipinski definition) is 1. The molecule has 9 heteroatoms. The van der Waals surface area contributed by atoms with Crippen molar-refractivity contribution in [3.63, 3.8) is 0 Å². The summed E-state index contributed by atoms with van der Waals surface area (Å²) in [6, 6.07) is 6.56. The van der Waals surface area contributed by atoms with Crippen molar-refractivity contribution in [1.29, 1.82) is 0 Å². The molecule has 1 unspecified atom stereocenters. The molecule has 1 aromatic heterocycles. The van der Waals surface area contributed by atoms with Crippen molar-refractivity contribution in [1.82, 2.24) is 14.3 Å². The number of rotatable bonds is 5. The number of benzene rings is 1. The van der Waals surface area contributed by atoms with E-state index in [-0.39, 0.29) is 23.5 Å². The van der Waals surface area contributed by atoms with Gasteiger partial charge in [-0.25, -0.2) is 13.4 Å². The average molecular weight is 419 g/mol. The number of hydrogen-bond acceptors (Lipinski definition) is 6. The van der Waals surface area contributed by atoms with Crippen molar-refractivity contribution in [2.24, 2.45) is 0 Å². The largest absolute Gasteiger partial charge is 0.473 e. The van der Waals surface area contributed by atoms with E-state index in [0.717, 1.165) is 12.1 Å². The zero-order chi connectivity index (χ0) is 21.2. The van der Waals surface area contributed by atoms with Crippen molar-refractivity contribution in [2.45, 2.75) is 51.5 Å². The molecule has 0 spiro atoms. The zero-order valence-corrected chi connectivity index (χ0v) is 17.9. The van der Waals surface area contributed by atoms with Gasteiger partial charge in [-0.3, -0.25) is 4.79 Å². The van der Waals surface area contributed by atoms with E-state index >= 15 is 0 Å². The third kappa shape index (κ3) is 5.10. The van der Waals surface area contributed by atoms with Gasteiger partial charge in [0, 0.05) is 30.9 Å². The highest BCUT2D eigenvalue weighted by atomic mass is 32.2. The average Bonchev–Trinajstić information content (AvgIpc) is 2.60. The molecule has 2 aromatic rings. The normalized spacial score (nSPS) is 17.7. The van der Waals surface area contributed by atoms with E-state index in [9.17, 15) is 13.2 Å². The minimum atomic E-state index is -3.67. The topological polar surface area (TPSA) is 101 Å². The molecule has 0 bridgehead atoms. The number of nitrogens with zero attached hydrogens (tertiary/aromatic N) is 3. The minimum absolute atomic E-state index is 0.203. The van der Waals surface area contributed by atoms with Crippen LogP contribution in [-0.2, 0) is 14.8 Å². The molecule has 0 aliphatic carbocycles. The lowest BCUT2D eigenvalue weighted by Gasteiger charge is -2.32. The Kier molecular flexibility index (Phi) is 6.18. The lowest BCUT2D eigenvalue weighted by atomic mass is 10.1. The van der Waals surface area contributed by atoms with Gasteiger partial charge in [-0.2, -0.15) is 9.29 Å². The summed E-state index contributed by atoms with van der Waals surface area (Å²) in [4.78, 5) is 20.0. The van der Waals surface area contributed by atoms with Crippen molar-refractivity contribution >= 4 is 21.6 Å². The summed E-state index contributed by atoms with van der Waals surface area (Å²) in [6.45, 7) is 7.50. The van der Waals surface area contributed by atoms with E-state index in [1.165, 1.54) is 17.3 Å². The molecule has 3 rings (SSSR count). The Morgan fingerprint density at radius 3 is 2.62 bits per heavy atom. The second kappa shape index (κ2) is 8.46. The summed E-state index contributed by atoms with van der Waals surface area (Å²) >= 11 is 0. The van der Waals surface area contributed by atoms with Crippen LogP contribution in [0.2, 0.25) is 0 Å². The summed E-state index contributed by atoms with van der Waals surface area (Å²) < 4.78 is 33.8. The molecule has 1 amide bonds. The molecule has 1 aromatic carbocycles. The van der Waals surface area contributed by atoms with Crippen molar-refractivity contribution in [2.75, 3.05) is 18.4 Å². The van der Waals surface area contributed by atoms with Crippen LogP contribution in [0.25, 0.3) is 0 Å². The SMILES string of the molecule is CC(=O)Nc1ccc(S(=O)(=O)N2CCCC(Oc3cc(C)nc(C)n3)C2)c(C)c1. The van der Waals surface area contributed by atoms with E-state index in [0.29, 0.717) is 35.9 Å². The van der Waals surface area contributed by atoms with Crippen molar-refractivity contribution < 1.29 is 17.9 Å². The summed E-state index contributed by atoms with van der Waals surface area (Å²) in [6.07, 6.45) is 1.19. The van der Waals surface area contributed by atoms with Crippen LogP contribution >= 0.6 is 0 Å². The highest BCUT2D eigenvalue weighted by Gasteiger charge is 2.32. The fraction of sp³-hybridized carbons (Fsp3) is 0.450. The second-order valence-corrected chi connectivity index (χ2v) is 9.21. The van der Waals surface area contributed by atoms with Crippen LogP contribution in [0.4, 0.5) is 5.69 Å². The van der Waals surface area contributed by atoms with E-state index in [2.05, 4.69) is 15.3 Å². The Morgan fingerprint density at radius 2 is 1.97 bits per heavy atom. The van der Waals surface area contributed by atoms with Gasteiger partial charge in [-0.1, -0.05) is 0 Å². The summed E-state index contributed by atoms with van der Waals surface area (Å²) in [5.41, 5.74) is 1.97. The van der Waals surface area contributed by atoms with E-state index < -0.39 is 10.0 Å². The maximum Gasteiger partial charge on any atom is 0.243 e. The number of anilines is 1. The number of piperidine rings is 1. The molecule has 1 fully saturated rings. The fourth-order valence-electron chi connectivity index (χ4n) is 3.49. The van der Waals surface area contributed by atoms with Crippen LogP contribution < -0.4 is 10.1 Å². The predicted octanol–water partition coefficient (Wildman–Crippen LogP) is 2.59. The molecule has 1 aliphatic heterocycles. The number of carbonyl (C=O) groups excluding carboxylic acids is 1. The highest BCUT2D eigenvalue weighted by Crippen LogP contribution is 2.27. The summed E-state index contributed by atoms with van der Waals surface area (Å²) in [5.74, 6) is 0.886. The van der Waals surface area contributed by atoms with Gasteiger partial charge in [0.2, 0.25) is 21.8 Å². The molecule has 1 aliphatic rings. The number of ether oxygens (including phenoxy) is 1. The standard InChI is InChI=1S/C20H26N4O4S/c1-13-10-17(23-16(4)25)7-8-19(13)29(26,27)24-9-5-6-18(12-24)28-20-11-14(2)21-15(3)22-20/h7-8,10-11,18H,5-6,9,12H2,1-4H3,(H,23,25). The number of nitrogens with one attached hydrogen (secondary N) is 1. The number of aryl methyl sites for hydroxylation is 3. The predicted molar refractivity (Wildman–Crippen MR) is 109 cm³/mol. The molecule has 0 radical (unpaired) electrons. The number of carbonyl (C=O) groups is 1. The molecule has 2 heterocycles. The Labute approximate surface area is 171 Å². The van der Waals surface area contributed by atoms with Gasteiger partial charge in [0.05, 0.1) is 11.4 Å². The molecule has 1 atom stereocenters. The van der Waals surface area contributed by atoms with Crippen LogP contribution in [-0.4, -0.2) is 47.8 Å². The Hall–Kier alpha value is -2.52. The lowest BCUT2D eigenvalue weighted by Crippen LogP contribution is -2.44. The first-order valence-corrected chi connectivity index (χ1v) is 11.0. The summed E-state index contributed by atoms with van der Waals surface area (Å²) in [7, 11) is -3.67. The van der Waals surface area contributed by atoms with Crippen LogP contribution in [0.1, 0.15) is 36.8 Å². The first-order chi connectivity index (χ1) is 13.6. The highest BCUT2D eigenvalue weighted by molar-refractivity contribution is 7.89. The molecule has 1 N–H and O–H groups in total. The smallest absolute Gasteiger partial charge is 0.243 e. The van der Waals surface area contributed by atoms with Crippen LogP contribution in [0, 0.1) is 20.8 Å². The fourth-order valence-corrected chi connectivity index (χ4v) is 5.21. The number of sulfonamides is 1. The minimum Gasteiger partial charge on any atom is -0.473 e. The molecule has 29 heavy (non-hydrogen) atoms. The van der Waals surface area contributed by atoms with Crippen molar-refractivity contribution in [3.05, 3.63) is 41.3 Å². The lowest BCUT2D eigenvalue weighted by molar-refractivity contribution is -0.114. The maximum absolute atomic E-state index is 13.2. The Balaban J connectivity index is 1.77. The van der Waals surface area contributed by atoms with Crippen LogP contribution in [0.5, 0.6) is 5.88 Å². The first kappa shape index (κ1) is 21.2. The Bertz CT molecular complexity index is 1000. The third-order valence-electron chi connectivity index (χ3n) is 4.68. The van der Waals surface area contributed by atoms with E-state index in [1.807, 2.05) is 6.92 Å². The van der Waals surface area contributed by atoms with E-state index in [1.54, 1.807) is 32.0 Å². The Morgan fingerprint density at radius 1 is 1.21 bits per heavy atom. The van der Waals surface area contributed by atoms with Gasteiger partial charge in [0.1, 0.15) is 11.9 Å². The first-order valence-electron chi connectivity index (χ1n) is 9.52. The monoisotopic (exact) mass is 418 g/mol. The van der Waals surface area contributed by atoms with Gasteiger partial charge >= 0.3 is 0 Å². The van der Waals surface area contributed by atoms with Gasteiger partial charge in [-0.05, 0) is 57.4 Å². The van der Waals surface area contributed by atoms with Gasteiger partial charge in [0.15, 0.2) is 0 Å². The third-order valence-corrected chi connectivity index (χ3v) is 6.71. The van der Waals surface area contributed by atoms with Crippen molar-refractivity contribution in [3.8, 4) is 5.88 Å². The second-order valence-electron chi connectivity index (χ2n) is 7.30. The van der Waals surface area contributed by atoms with E-state index in [4.69, 9.17) is 4.74 Å². The molecular formula is C20H26N4O4S. The number of amides is 1. The molecule has 8 nitrogen and oxygen atoms in total. The molecule has 0 saturated carbocycles. The molecule has 156 valence electrons. The number of aromatic nitrogens is 2. The molecular weight excluding hydrogens is 392 g/mol. The van der Waals surface area contributed by atoms with Crippen LogP contribution in [0.3, 0.4) is 0 Å². The summed E-state index contributed by atoms with van der Waals surface area (Å²) in [5, 5.41) is 2.67. The van der Waals surface area contributed by atoms with Gasteiger partial charge in [0.25, 0.3) is 0 Å². The van der Waals surface area contributed by atoms with Gasteiger partial charge in [-0.15, -0.1) is 0 Å². The van der Waals surface area contributed by atoms with Gasteiger partial charge < -0.3 is 10.1 Å². The maximum atomic E-state index is 13.2. The van der Waals surface area contributed by atoms with Crippen LogP contribution in [0.15, 0.2) is 29.2 Å².